The van der Waals surface area contributed by atoms with Crippen molar-refractivity contribution in [3.05, 3.63) is 41.9 Å². The van der Waals surface area contributed by atoms with Crippen molar-refractivity contribution in [3.63, 3.8) is 0 Å². The molecular formula is C20H27NO6. The molecule has 1 aromatic carbocycles. The van der Waals surface area contributed by atoms with Crippen LogP contribution < -0.4 is 4.74 Å². The predicted molar refractivity (Wildman–Crippen MR) is 98.0 cm³/mol. The average Bonchev–Trinajstić information content (AvgIpc) is 3.14. The topological polar surface area (TPSA) is 77.5 Å². The lowest BCUT2D eigenvalue weighted by Crippen LogP contribution is -2.46. The summed E-state index contributed by atoms with van der Waals surface area (Å²) in [6.45, 7) is 6.37. The van der Waals surface area contributed by atoms with Crippen LogP contribution in [0.5, 0.6) is 5.75 Å². The smallest absolute Gasteiger partial charge is 0.410 e. The van der Waals surface area contributed by atoms with E-state index in [9.17, 15) is 9.90 Å². The van der Waals surface area contributed by atoms with Gasteiger partial charge in [0.1, 0.15) is 23.9 Å². The minimum absolute atomic E-state index is 0.347. The van der Waals surface area contributed by atoms with Crippen molar-refractivity contribution < 1.29 is 28.8 Å². The molecule has 1 saturated heterocycles. The number of piperidine rings is 1. The van der Waals surface area contributed by atoms with E-state index in [1.54, 1.807) is 12.0 Å². The fourth-order valence-corrected chi connectivity index (χ4v) is 3.26. The van der Waals surface area contributed by atoms with Gasteiger partial charge in [-0.3, -0.25) is 0 Å². The Balaban J connectivity index is 1.70. The number of likely N-dealkylation sites (tertiary alicyclic amines) is 1. The number of nitrogens with zero attached hydrogens (tertiary/aromatic N) is 1. The van der Waals surface area contributed by atoms with Crippen molar-refractivity contribution in [1.29, 1.82) is 0 Å². The van der Waals surface area contributed by atoms with Crippen LogP contribution in [-0.2, 0) is 19.8 Å². The molecule has 148 valence electrons. The molecule has 7 heteroatoms. The molecule has 0 bridgehead atoms. The molecule has 0 atom stereocenters. The quantitative estimate of drug-likeness (QED) is 0.870. The monoisotopic (exact) mass is 377 g/mol. The van der Waals surface area contributed by atoms with Crippen molar-refractivity contribution in [2.24, 2.45) is 0 Å². The van der Waals surface area contributed by atoms with Crippen molar-refractivity contribution in [2.45, 2.75) is 51.1 Å². The van der Waals surface area contributed by atoms with Crippen molar-refractivity contribution in [3.8, 4) is 5.75 Å². The van der Waals surface area contributed by atoms with E-state index in [1.165, 1.54) is 12.5 Å². The van der Waals surface area contributed by atoms with E-state index in [-0.39, 0.29) is 6.09 Å². The molecule has 0 radical (unpaired) electrons. The molecule has 0 unspecified atom stereocenters. The Bertz CT molecular complexity index is 708. The van der Waals surface area contributed by atoms with Crippen LogP contribution in [0.3, 0.4) is 0 Å². The Morgan fingerprint density at radius 3 is 2.41 bits per heavy atom. The van der Waals surface area contributed by atoms with Crippen molar-refractivity contribution in [2.75, 3.05) is 20.2 Å². The number of carbonyl (C=O) groups excluding carboxylic acids is 1. The summed E-state index contributed by atoms with van der Waals surface area (Å²) in [5.74, 6) is 0.587. The third-order valence-electron chi connectivity index (χ3n) is 4.73. The van der Waals surface area contributed by atoms with Gasteiger partial charge < -0.3 is 29.0 Å². The van der Waals surface area contributed by atoms with E-state index in [0.29, 0.717) is 31.7 Å². The van der Waals surface area contributed by atoms with E-state index in [1.807, 2.05) is 39.0 Å². The van der Waals surface area contributed by atoms with Crippen LogP contribution >= 0.6 is 0 Å². The van der Waals surface area contributed by atoms with Gasteiger partial charge in [0.2, 0.25) is 0 Å². The van der Waals surface area contributed by atoms with Gasteiger partial charge >= 0.3 is 6.09 Å². The van der Waals surface area contributed by atoms with Gasteiger partial charge in [-0.1, -0.05) is 6.07 Å². The van der Waals surface area contributed by atoms with Crippen LogP contribution in [-0.4, -0.2) is 41.9 Å². The largest absolute Gasteiger partial charge is 0.496 e. The Morgan fingerprint density at radius 2 is 1.85 bits per heavy atom. The normalized spacial score (nSPS) is 19.4. The highest BCUT2D eigenvalue weighted by molar-refractivity contribution is 5.68. The summed E-state index contributed by atoms with van der Waals surface area (Å²) in [6, 6.07) is 5.50. The SMILES string of the molecule is COc1cc(C2(O)CCN(C(=O)OC(C)(C)C)CC2)ccc1C1OC=CO1. The van der Waals surface area contributed by atoms with Crippen LogP contribution in [0.1, 0.15) is 51.0 Å². The van der Waals surface area contributed by atoms with Crippen LogP contribution in [0, 0.1) is 0 Å². The Labute approximate surface area is 159 Å². The maximum atomic E-state index is 12.2. The number of carbonyl (C=O) groups is 1. The van der Waals surface area contributed by atoms with Gasteiger partial charge in [-0.05, 0) is 51.3 Å². The van der Waals surface area contributed by atoms with E-state index < -0.39 is 17.5 Å². The third-order valence-corrected chi connectivity index (χ3v) is 4.73. The van der Waals surface area contributed by atoms with E-state index in [0.717, 1.165) is 11.1 Å². The molecule has 1 N–H and O–H groups in total. The summed E-state index contributed by atoms with van der Waals surface area (Å²) in [6.07, 6.45) is 2.92. The molecule has 7 nitrogen and oxygen atoms in total. The van der Waals surface area contributed by atoms with Crippen LogP contribution in [0.2, 0.25) is 0 Å². The number of aliphatic hydroxyl groups is 1. The number of methoxy groups -OCH3 is 1. The van der Waals surface area contributed by atoms with E-state index in [2.05, 4.69) is 0 Å². The Kier molecular flexibility index (Phi) is 5.24. The summed E-state index contributed by atoms with van der Waals surface area (Å²) in [5.41, 5.74) is -0.0633. The molecule has 1 fully saturated rings. The minimum atomic E-state index is -1.03. The van der Waals surface area contributed by atoms with Gasteiger partial charge in [0, 0.05) is 13.1 Å². The summed E-state index contributed by atoms with van der Waals surface area (Å²) in [5, 5.41) is 11.1. The van der Waals surface area contributed by atoms with Gasteiger partial charge in [0.25, 0.3) is 6.29 Å². The van der Waals surface area contributed by atoms with E-state index in [4.69, 9.17) is 18.9 Å². The molecule has 0 spiro atoms. The van der Waals surface area contributed by atoms with Crippen LogP contribution in [0.4, 0.5) is 4.79 Å². The average molecular weight is 377 g/mol. The third kappa shape index (κ3) is 4.30. The molecule has 0 aliphatic carbocycles. The summed E-state index contributed by atoms with van der Waals surface area (Å²) >= 11 is 0. The lowest BCUT2D eigenvalue weighted by Gasteiger charge is -2.39. The summed E-state index contributed by atoms with van der Waals surface area (Å²) in [4.78, 5) is 13.9. The van der Waals surface area contributed by atoms with Crippen molar-refractivity contribution in [1.82, 2.24) is 4.90 Å². The Morgan fingerprint density at radius 1 is 1.22 bits per heavy atom. The van der Waals surface area contributed by atoms with E-state index >= 15 is 0 Å². The molecule has 1 amide bonds. The van der Waals surface area contributed by atoms with Crippen LogP contribution in [0.15, 0.2) is 30.7 Å². The van der Waals surface area contributed by atoms with Gasteiger partial charge in [-0.2, -0.15) is 0 Å². The first-order valence-electron chi connectivity index (χ1n) is 9.06. The first-order valence-corrected chi connectivity index (χ1v) is 9.06. The molecule has 0 aromatic heterocycles. The van der Waals surface area contributed by atoms with Crippen LogP contribution in [0.25, 0.3) is 0 Å². The number of amides is 1. The maximum absolute atomic E-state index is 12.2. The first kappa shape index (κ1) is 19.4. The zero-order valence-electron chi connectivity index (χ0n) is 16.2. The lowest BCUT2D eigenvalue weighted by molar-refractivity contribution is -0.0366. The standard InChI is InChI=1S/C20H27NO6/c1-19(2,3)27-18(22)21-9-7-20(23,8-10-21)14-5-6-15(16(13-14)24-4)17-25-11-12-26-17/h5-6,11-13,17,23H,7-10H2,1-4H3. The predicted octanol–water partition coefficient (Wildman–Crippen LogP) is 3.43. The highest BCUT2D eigenvalue weighted by Gasteiger charge is 2.37. The molecule has 3 rings (SSSR count). The highest BCUT2D eigenvalue weighted by atomic mass is 16.7. The summed E-state index contributed by atoms with van der Waals surface area (Å²) in [7, 11) is 1.57. The number of hydrogen-bond donors (Lipinski definition) is 1. The minimum Gasteiger partial charge on any atom is -0.496 e. The van der Waals surface area contributed by atoms with Gasteiger partial charge in [-0.25, -0.2) is 4.79 Å². The second-order valence-electron chi connectivity index (χ2n) is 7.83. The molecule has 0 saturated carbocycles. The molecule has 2 aliphatic heterocycles. The molecule has 2 aliphatic rings. The Hall–Kier alpha value is -2.41. The molecule has 1 aromatic rings. The number of ether oxygens (including phenoxy) is 4. The van der Waals surface area contributed by atoms with Gasteiger partial charge in [0.05, 0.1) is 18.3 Å². The maximum Gasteiger partial charge on any atom is 0.410 e. The van der Waals surface area contributed by atoms with Gasteiger partial charge in [-0.15, -0.1) is 0 Å². The highest BCUT2D eigenvalue weighted by Crippen LogP contribution is 2.38. The summed E-state index contributed by atoms with van der Waals surface area (Å²) < 4.78 is 21.6. The fraction of sp³-hybridized carbons (Fsp3) is 0.550. The molecular weight excluding hydrogens is 350 g/mol. The lowest BCUT2D eigenvalue weighted by atomic mass is 9.84. The van der Waals surface area contributed by atoms with Crippen molar-refractivity contribution >= 4 is 6.09 Å². The zero-order valence-corrected chi connectivity index (χ0v) is 16.2. The zero-order chi connectivity index (χ0) is 19.7. The fourth-order valence-electron chi connectivity index (χ4n) is 3.26. The van der Waals surface area contributed by atoms with Gasteiger partial charge in [0.15, 0.2) is 0 Å². The second-order valence-corrected chi connectivity index (χ2v) is 7.83. The number of rotatable bonds is 3. The molecule has 27 heavy (non-hydrogen) atoms. The number of hydrogen-bond acceptors (Lipinski definition) is 6. The number of benzene rings is 1. The first-order chi connectivity index (χ1) is 12.7. The second kappa shape index (κ2) is 7.31. The molecule has 2 heterocycles.